The standard InChI is InChI=1S/C17H16Cl2N2O5/c18-12-4-1-5-13(19)15(12)25-9-11-7-14(20-26-11)16(22)21-6-2-3-10(8-21)17(23)24/h1,4-5,7,10H,2-3,6,8-9H2,(H,23,24). The van der Waals surface area contributed by atoms with Crippen LogP contribution in [0.25, 0.3) is 0 Å². The molecule has 1 N–H and O–H groups in total. The highest BCUT2D eigenvalue weighted by atomic mass is 35.5. The van der Waals surface area contributed by atoms with Gasteiger partial charge in [0, 0.05) is 19.2 Å². The average Bonchev–Trinajstić information content (AvgIpc) is 3.09. The molecule has 1 aliphatic heterocycles. The fourth-order valence-electron chi connectivity index (χ4n) is 2.77. The second-order valence-electron chi connectivity index (χ2n) is 5.95. The number of likely N-dealkylation sites (tertiary alicyclic amines) is 1. The van der Waals surface area contributed by atoms with E-state index in [1.807, 2.05) is 0 Å². The van der Waals surface area contributed by atoms with Crippen LogP contribution in [0.4, 0.5) is 0 Å². The van der Waals surface area contributed by atoms with Crippen LogP contribution in [0.2, 0.25) is 10.0 Å². The van der Waals surface area contributed by atoms with E-state index in [1.165, 1.54) is 11.0 Å². The number of carbonyl (C=O) groups is 2. The zero-order valence-corrected chi connectivity index (χ0v) is 15.2. The number of amides is 1. The largest absolute Gasteiger partial charge is 0.482 e. The van der Waals surface area contributed by atoms with Crippen LogP contribution in [0, 0.1) is 5.92 Å². The SMILES string of the molecule is O=C(O)C1CCCN(C(=O)c2cc(COc3c(Cl)cccc3Cl)on2)C1. The monoisotopic (exact) mass is 398 g/mol. The summed E-state index contributed by atoms with van der Waals surface area (Å²) in [6.07, 6.45) is 1.21. The third kappa shape index (κ3) is 4.11. The number of piperidine rings is 1. The van der Waals surface area contributed by atoms with Gasteiger partial charge in [-0.2, -0.15) is 0 Å². The van der Waals surface area contributed by atoms with Crippen LogP contribution >= 0.6 is 23.2 Å². The van der Waals surface area contributed by atoms with E-state index in [4.69, 9.17) is 37.6 Å². The minimum atomic E-state index is -0.895. The maximum atomic E-state index is 12.5. The Morgan fingerprint density at radius 1 is 1.35 bits per heavy atom. The molecule has 1 fully saturated rings. The van der Waals surface area contributed by atoms with Crippen molar-refractivity contribution in [3.63, 3.8) is 0 Å². The van der Waals surface area contributed by atoms with Gasteiger partial charge in [-0.1, -0.05) is 34.4 Å². The number of nitrogens with zero attached hydrogens (tertiary/aromatic N) is 2. The minimum Gasteiger partial charge on any atom is -0.482 e. The minimum absolute atomic E-state index is 0.00147. The molecule has 2 heterocycles. The van der Waals surface area contributed by atoms with E-state index in [0.717, 1.165) is 0 Å². The van der Waals surface area contributed by atoms with Gasteiger partial charge >= 0.3 is 5.97 Å². The normalized spacial score (nSPS) is 17.2. The Hall–Kier alpha value is -2.25. The second kappa shape index (κ2) is 7.97. The number of ether oxygens (including phenoxy) is 1. The molecule has 1 aromatic heterocycles. The summed E-state index contributed by atoms with van der Waals surface area (Å²) >= 11 is 12.1. The first-order valence-electron chi connectivity index (χ1n) is 8.00. The zero-order valence-electron chi connectivity index (χ0n) is 13.7. The van der Waals surface area contributed by atoms with Gasteiger partial charge in [0.1, 0.15) is 6.61 Å². The summed E-state index contributed by atoms with van der Waals surface area (Å²) in [5, 5.41) is 13.6. The first kappa shape index (κ1) is 18.5. The third-order valence-corrected chi connectivity index (χ3v) is 4.71. The Morgan fingerprint density at radius 3 is 2.77 bits per heavy atom. The van der Waals surface area contributed by atoms with E-state index >= 15 is 0 Å². The zero-order chi connectivity index (χ0) is 18.7. The van der Waals surface area contributed by atoms with E-state index < -0.39 is 11.9 Å². The molecule has 1 aromatic carbocycles. The predicted octanol–water partition coefficient (Wildman–Crippen LogP) is 3.50. The smallest absolute Gasteiger partial charge is 0.308 e. The second-order valence-corrected chi connectivity index (χ2v) is 6.76. The Balaban J connectivity index is 1.64. The van der Waals surface area contributed by atoms with E-state index in [1.54, 1.807) is 18.2 Å². The van der Waals surface area contributed by atoms with E-state index in [9.17, 15) is 9.59 Å². The number of aliphatic carboxylic acids is 1. The summed E-state index contributed by atoms with van der Waals surface area (Å²) in [7, 11) is 0. The molecule has 138 valence electrons. The van der Waals surface area contributed by atoms with Gasteiger partial charge < -0.3 is 19.3 Å². The van der Waals surface area contributed by atoms with Crippen molar-refractivity contribution in [2.24, 2.45) is 5.92 Å². The summed E-state index contributed by atoms with van der Waals surface area (Å²) in [6.45, 7) is 0.667. The van der Waals surface area contributed by atoms with Gasteiger partial charge in [-0.05, 0) is 25.0 Å². The van der Waals surface area contributed by atoms with Gasteiger partial charge in [0.15, 0.2) is 17.2 Å². The van der Waals surface area contributed by atoms with Crippen LogP contribution in [0.1, 0.15) is 29.1 Å². The Morgan fingerprint density at radius 2 is 2.08 bits per heavy atom. The lowest BCUT2D eigenvalue weighted by Gasteiger charge is -2.29. The molecule has 1 aliphatic rings. The lowest BCUT2D eigenvalue weighted by molar-refractivity contribution is -0.143. The van der Waals surface area contributed by atoms with Crippen molar-refractivity contribution in [3.05, 3.63) is 45.8 Å². The Bertz CT molecular complexity index is 803. The predicted molar refractivity (Wildman–Crippen MR) is 93.6 cm³/mol. The lowest BCUT2D eigenvalue weighted by Crippen LogP contribution is -2.42. The van der Waals surface area contributed by atoms with Crippen LogP contribution < -0.4 is 4.74 Å². The molecule has 9 heteroatoms. The summed E-state index contributed by atoms with van der Waals surface area (Å²) in [4.78, 5) is 25.1. The summed E-state index contributed by atoms with van der Waals surface area (Å²) < 4.78 is 10.7. The Labute approximate surface area is 159 Å². The molecule has 0 radical (unpaired) electrons. The molecule has 26 heavy (non-hydrogen) atoms. The van der Waals surface area contributed by atoms with E-state index in [-0.39, 0.29) is 24.8 Å². The molecule has 1 atom stereocenters. The quantitative estimate of drug-likeness (QED) is 0.828. The Kier molecular flexibility index (Phi) is 5.68. The molecule has 2 aromatic rings. The van der Waals surface area contributed by atoms with Crippen molar-refractivity contribution >= 4 is 35.1 Å². The number of carboxylic acid groups (broad SMARTS) is 1. The number of benzene rings is 1. The fourth-order valence-corrected chi connectivity index (χ4v) is 3.28. The number of halogens is 2. The molecule has 1 unspecified atom stereocenters. The first-order chi connectivity index (χ1) is 12.5. The third-order valence-electron chi connectivity index (χ3n) is 4.11. The summed E-state index contributed by atoms with van der Waals surface area (Å²) in [5.74, 6) is -1.16. The molecule has 7 nitrogen and oxygen atoms in total. The lowest BCUT2D eigenvalue weighted by atomic mass is 9.98. The van der Waals surface area contributed by atoms with Gasteiger partial charge in [-0.15, -0.1) is 0 Å². The van der Waals surface area contributed by atoms with E-state index in [2.05, 4.69) is 5.16 Å². The number of rotatable bonds is 5. The van der Waals surface area contributed by atoms with Gasteiger partial charge in [0.2, 0.25) is 0 Å². The van der Waals surface area contributed by atoms with Gasteiger partial charge in [-0.3, -0.25) is 9.59 Å². The average molecular weight is 399 g/mol. The van der Waals surface area contributed by atoms with Crippen LogP contribution in [0.3, 0.4) is 0 Å². The van der Waals surface area contributed by atoms with E-state index in [0.29, 0.717) is 40.9 Å². The van der Waals surface area contributed by atoms with Crippen LogP contribution in [-0.4, -0.2) is 40.1 Å². The highest BCUT2D eigenvalue weighted by Gasteiger charge is 2.30. The van der Waals surface area contributed by atoms with Gasteiger partial charge in [-0.25, -0.2) is 0 Å². The first-order valence-corrected chi connectivity index (χ1v) is 8.76. The van der Waals surface area contributed by atoms with Crippen molar-refractivity contribution in [2.75, 3.05) is 13.1 Å². The molecule has 3 rings (SSSR count). The number of para-hydroxylation sites is 1. The molecular formula is C17H16Cl2N2O5. The van der Waals surface area contributed by atoms with Crippen LogP contribution in [0.5, 0.6) is 5.75 Å². The molecular weight excluding hydrogens is 383 g/mol. The highest BCUT2D eigenvalue weighted by molar-refractivity contribution is 6.37. The van der Waals surface area contributed by atoms with Crippen molar-refractivity contribution in [1.29, 1.82) is 0 Å². The number of hydrogen-bond acceptors (Lipinski definition) is 5. The molecule has 1 amide bonds. The maximum absolute atomic E-state index is 12.5. The molecule has 0 bridgehead atoms. The molecule has 0 spiro atoms. The molecule has 0 saturated carbocycles. The summed E-state index contributed by atoms with van der Waals surface area (Å²) in [6, 6.07) is 6.46. The van der Waals surface area contributed by atoms with Crippen molar-refractivity contribution in [1.82, 2.24) is 10.1 Å². The fraction of sp³-hybridized carbons (Fsp3) is 0.353. The number of carbonyl (C=O) groups excluding carboxylic acids is 1. The number of carboxylic acids is 1. The van der Waals surface area contributed by atoms with Crippen molar-refractivity contribution in [2.45, 2.75) is 19.4 Å². The van der Waals surface area contributed by atoms with Gasteiger partial charge in [0.05, 0.1) is 16.0 Å². The molecule has 1 saturated heterocycles. The van der Waals surface area contributed by atoms with Crippen LogP contribution in [-0.2, 0) is 11.4 Å². The topological polar surface area (TPSA) is 92.9 Å². The number of hydrogen-bond donors (Lipinski definition) is 1. The van der Waals surface area contributed by atoms with Crippen LogP contribution in [0.15, 0.2) is 28.8 Å². The number of aromatic nitrogens is 1. The highest BCUT2D eigenvalue weighted by Crippen LogP contribution is 2.33. The molecule has 0 aliphatic carbocycles. The summed E-state index contributed by atoms with van der Waals surface area (Å²) in [5.41, 5.74) is 0.111. The van der Waals surface area contributed by atoms with Crippen molar-refractivity contribution in [3.8, 4) is 5.75 Å². The van der Waals surface area contributed by atoms with Crippen molar-refractivity contribution < 1.29 is 24.0 Å². The maximum Gasteiger partial charge on any atom is 0.308 e. The van der Waals surface area contributed by atoms with Gasteiger partial charge in [0.25, 0.3) is 5.91 Å².